The Morgan fingerprint density at radius 2 is 1.52 bits per heavy atom. The average Bonchev–Trinajstić information content (AvgIpc) is 3.20. The number of rotatable bonds is 1. The molecule has 1 unspecified atom stereocenters. The summed E-state index contributed by atoms with van der Waals surface area (Å²) >= 11 is 1.15. The molecule has 3 heteroatoms. The molecule has 0 heterocycles. The summed E-state index contributed by atoms with van der Waals surface area (Å²) in [6.07, 6.45) is 7.92. The van der Waals surface area contributed by atoms with Crippen LogP contribution in [0.15, 0.2) is 48.6 Å². The van der Waals surface area contributed by atoms with Gasteiger partial charge in [-0.1, -0.05) is 0 Å². The summed E-state index contributed by atoms with van der Waals surface area (Å²) in [5.41, 5.74) is 12.4. The first-order valence-corrected chi connectivity index (χ1v) is 12.1. The number of fused-ring (bicyclic) bond motifs is 3. The number of allylic oxidation sites excluding steroid dienone is 4. The molecule has 4 rings (SSSR count). The summed E-state index contributed by atoms with van der Waals surface area (Å²) in [7, 11) is 0. The van der Waals surface area contributed by atoms with E-state index >= 15 is 0 Å². The van der Waals surface area contributed by atoms with Crippen LogP contribution in [0.25, 0.3) is 16.7 Å². The molecular formula is C26H29Cl2Hf. The van der Waals surface area contributed by atoms with Crippen molar-refractivity contribution in [2.45, 2.75) is 62.5 Å². The molecule has 0 aromatic heterocycles. The van der Waals surface area contributed by atoms with Gasteiger partial charge in [-0.2, -0.15) is 0 Å². The SMILES string of the molecule is CC(C)(C)c1ccc2c(c1)[CH]([Hf+2])c1c-2ccc(C(C)(C)C)c1C1=CC=CC1.[Cl-].[Cl-]. The topological polar surface area (TPSA) is 0 Å². The second kappa shape index (κ2) is 8.48. The normalized spacial score (nSPS) is 17.2. The van der Waals surface area contributed by atoms with Gasteiger partial charge in [-0.25, -0.2) is 0 Å². The van der Waals surface area contributed by atoms with E-state index in [4.69, 9.17) is 0 Å². The summed E-state index contributed by atoms with van der Waals surface area (Å²) in [4.78, 5) is 0. The maximum Gasteiger partial charge on any atom is -1.00 e. The van der Waals surface area contributed by atoms with Gasteiger partial charge in [0, 0.05) is 0 Å². The number of hydrogen-bond donors (Lipinski definition) is 0. The van der Waals surface area contributed by atoms with Crippen molar-refractivity contribution in [1.29, 1.82) is 0 Å². The second-order valence-corrected chi connectivity index (χ2v) is 12.1. The van der Waals surface area contributed by atoms with Crippen LogP contribution in [0, 0.1) is 0 Å². The van der Waals surface area contributed by atoms with Crippen LogP contribution in [-0.2, 0) is 35.2 Å². The van der Waals surface area contributed by atoms with Gasteiger partial charge in [-0.15, -0.1) is 0 Å². The van der Waals surface area contributed by atoms with Crippen molar-refractivity contribution in [2.75, 3.05) is 0 Å². The van der Waals surface area contributed by atoms with Gasteiger partial charge in [-0.3, -0.25) is 0 Å². The number of halogens is 2. The van der Waals surface area contributed by atoms with E-state index < -0.39 is 0 Å². The molecule has 29 heavy (non-hydrogen) atoms. The molecule has 0 saturated carbocycles. The van der Waals surface area contributed by atoms with Crippen LogP contribution < -0.4 is 24.8 Å². The van der Waals surface area contributed by atoms with Crippen LogP contribution in [0.5, 0.6) is 0 Å². The Kier molecular flexibility index (Phi) is 7.21. The smallest absolute Gasteiger partial charge is 1.00 e. The molecule has 151 valence electrons. The van der Waals surface area contributed by atoms with Crippen LogP contribution >= 0.6 is 0 Å². The molecule has 0 fully saturated rings. The third kappa shape index (κ3) is 4.25. The van der Waals surface area contributed by atoms with E-state index in [-0.39, 0.29) is 35.6 Å². The molecule has 0 spiro atoms. The van der Waals surface area contributed by atoms with E-state index in [2.05, 4.69) is 90.1 Å². The summed E-state index contributed by atoms with van der Waals surface area (Å²) in [6.45, 7) is 14.0. The molecule has 0 bridgehead atoms. The third-order valence-corrected chi connectivity index (χ3v) is 8.11. The van der Waals surface area contributed by atoms with Gasteiger partial charge in [0.2, 0.25) is 0 Å². The molecule has 1 atom stereocenters. The summed E-state index contributed by atoms with van der Waals surface area (Å²) < 4.78 is 0.580. The molecular weight excluding hydrogens is 562 g/mol. The first kappa shape index (κ1) is 24.6. The Morgan fingerprint density at radius 1 is 0.862 bits per heavy atom. The van der Waals surface area contributed by atoms with Crippen molar-refractivity contribution in [1.82, 2.24) is 0 Å². The Hall–Kier alpha value is -0.630. The van der Waals surface area contributed by atoms with E-state index in [9.17, 15) is 0 Å². The Bertz CT molecular complexity index is 985. The van der Waals surface area contributed by atoms with Gasteiger partial charge in [0.1, 0.15) is 0 Å². The van der Waals surface area contributed by atoms with E-state index in [1.807, 2.05) is 0 Å². The Labute approximate surface area is 203 Å². The van der Waals surface area contributed by atoms with E-state index in [0.717, 1.165) is 30.8 Å². The molecule has 2 aliphatic rings. The molecule has 0 nitrogen and oxygen atoms in total. The average molecular weight is 591 g/mol. The largest absolute Gasteiger partial charge is 1.00 e. The van der Waals surface area contributed by atoms with Crippen LogP contribution in [0.2, 0.25) is 0 Å². The standard InChI is InChI=1S/C26H29.2ClH.Hf/c1-25(2,3)19-11-12-20-18(15-19)16-22-21(20)13-14-23(26(4,5)6)24(22)17-9-7-8-10-17;;;/h7-9,11-16H,10H2,1-6H3;2*1H;/q;;;+2/p-2. The van der Waals surface area contributed by atoms with Crippen molar-refractivity contribution in [3.8, 4) is 11.1 Å². The fourth-order valence-corrected chi connectivity index (χ4v) is 6.36. The van der Waals surface area contributed by atoms with Gasteiger partial charge in [-0.05, 0) is 0 Å². The third-order valence-electron chi connectivity index (χ3n) is 5.95. The van der Waals surface area contributed by atoms with E-state index in [0.29, 0.717) is 3.67 Å². The van der Waals surface area contributed by atoms with Gasteiger partial charge < -0.3 is 24.8 Å². The zero-order valence-corrected chi connectivity index (χ0v) is 23.3. The van der Waals surface area contributed by atoms with Crippen molar-refractivity contribution >= 4 is 5.57 Å². The van der Waals surface area contributed by atoms with Gasteiger partial charge in [0.05, 0.1) is 0 Å². The number of benzene rings is 2. The predicted molar refractivity (Wildman–Crippen MR) is 113 cm³/mol. The van der Waals surface area contributed by atoms with Crippen molar-refractivity contribution in [2.24, 2.45) is 0 Å². The van der Waals surface area contributed by atoms with E-state index in [1.165, 1.54) is 27.8 Å². The summed E-state index contributed by atoms with van der Waals surface area (Å²) in [5, 5.41) is 0. The maximum atomic E-state index is 2.49. The first-order chi connectivity index (χ1) is 12.6. The molecule has 2 aromatic rings. The monoisotopic (exact) mass is 591 g/mol. The molecule has 0 aliphatic heterocycles. The molecule has 0 saturated heterocycles. The minimum absolute atomic E-state index is 0. The van der Waals surface area contributed by atoms with Gasteiger partial charge in [0.15, 0.2) is 0 Å². The zero-order chi connectivity index (χ0) is 19.6. The molecule has 0 amide bonds. The number of hydrogen-bond acceptors (Lipinski definition) is 0. The Balaban J connectivity index is 0.00000150. The minimum atomic E-state index is 0. The van der Waals surface area contributed by atoms with Crippen molar-refractivity contribution < 1.29 is 49.2 Å². The molecule has 2 aromatic carbocycles. The summed E-state index contributed by atoms with van der Waals surface area (Å²) in [5.74, 6) is 0. The second-order valence-electron chi connectivity index (χ2n) is 10.0. The van der Waals surface area contributed by atoms with Crippen LogP contribution in [0.3, 0.4) is 0 Å². The minimum Gasteiger partial charge on any atom is -1.00 e. The summed E-state index contributed by atoms with van der Waals surface area (Å²) in [6, 6.07) is 12.0. The molecule has 0 N–H and O–H groups in total. The predicted octanol–water partition coefficient (Wildman–Crippen LogP) is 1.25. The van der Waals surface area contributed by atoms with Crippen LogP contribution in [0.4, 0.5) is 0 Å². The van der Waals surface area contributed by atoms with Crippen molar-refractivity contribution in [3.05, 3.63) is 76.4 Å². The first-order valence-electron chi connectivity index (χ1n) is 9.98. The fraction of sp³-hybridized carbons (Fsp3) is 0.385. The van der Waals surface area contributed by atoms with Gasteiger partial charge >= 0.3 is 180 Å². The van der Waals surface area contributed by atoms with Gasteiger partial charge in [0.25, 0.3) is 0 Å². The quantitative estimate of drug-likeness (QED) is 0.439. The molecule has 0 radical (unpaired) electrons. The zero-order valence-electron chi connectivity index (χ0n) is 18.2. The fourth-order valence-electron chi connectivity index (χ4n) is 4.43. The van der Waals surface area contributed by atoms with Crippen LogP contribution in [-0.4, -0.2) is 0 Å². The van der Waals surface area contributed by atoms with Crippen LogP contribution in [0.1, 0.15) is 79.5 Å². The van der Waals surface area contributed by atoms with E-state index in [1.54, 1.807) is 16.7 Å². The Morgan fingerprint density at radius 3 is 2.07 bits per heavy atom. The maximum absolute atomic E-state index is 2.49. The molecule has 2 aliphatic carbocycles. The van der Waals surface area contributed by atoms with Crippen molar-refractivity contribution in [3.63, 3.8) is 0 Å².